The Labute approximate surface area is 138 Å². The van der Waals surface area contributed by atoms with Gasteiger partial charge in [-0.3, -0.25) is 0 Å². The summed E-state index contributed by atoms with van der Waals surface area (Å²) >= 11 is 0. The fraction of sp³-hybridized carbons (Fsp3) is 0.350. The van der Waals surface area contributed by atoms with Crippen LogP contribution in [0.3, 0.4) is 0 Å². The highest BCUT2D eigenvalue weighted by Crippen LogP contribution is 2.17. The highest BCUT2D eigenvalue weighted by atomic mass is 16.5. The van der Waals surface area contributed by atoms with E-state index in [2.05, 4.69) is 12.1 Å². The summed E-state index contributed by atoms with van der Waals surface area (Å²) in [4.78, 5) is 11.2. The molecule has 0 N–H and O–H groups in total. The van der Waals surface area contributed by atoms with E-state index in [1.165, 1.54) is 5.56 Å². The SMILES string of the molecule is COc1ccc(CO[C@@H](CCc2ccccc2)[C@@H](C)C=O)cc1. The Morgan fingerprint density at radius 2 is 1.70 bits per heavy atom. The summed E-state index contributed by atoms with van der Waals surface area (Å²) in [5, 5.41) is 0. The molecule has 0 fully saturated rings. The Morgan fingerprint density at radius 3 is 2.30 bits per heavy atom. The third-order valence-corrected chi connectivity index (χ3v) is 3.98. The van der Waals surface area contributed by atoms with E-state index in [0.29, 0.717) is 6.61 Å². The minimum atomic E-state index is -0.114. The van der Waals surface area contributed by atoms with Crippen LogP contribution >= 0.6 is 0 Å². The molecule has 0 heterocycles. The molecule has 0 aromatic heterocycles. The van der Waals surface area contributed by atoms with Crippen molar-refractivity contribution in [2.75, 3.05) is 7.11 Å². The first kappa shape index (κ1) is 17.2. The Kier molecular flexibility index (Phi) is 6.82. The zero-order valence-electron chi connectivity index (χ0n) is 13.8. The van der Waals surface area contributed by atoms with Crippen LogP contribution in [0.1, 0.15) is 24.5 Å². The van der Waals surface area contributed by atoms with Gasteiger partial charge in [0, 0.05) is 5.92 Å². The van der Waals surface area contributed by atoms with Gasteiger partial charge in [0.1, 0.15) is 12.0 Å². The Balaban J connectivity index is 1.91. The fourth-order valence-corrected chi connectivity index (χ4v) is 2.46. The minimum absolute atomic E-state index is 0.0743. The maximum atomic E-state index is 11.2. The molecule has 3 nitrogen and oxygen atoms in total. The van der Waals surface area contributed by atoms with Gasteiger partial charge in [0.05, 0.1) is 19.8 Å². The molecule has 0 unspecified atom stereocenters. The molecule has 2 aromatic carbocycles. The summed E-state index contributed by atoms with van der Waals surface area (Å²) in [5.41, 5.74) is 2.34. The van der Waals surface area contributed by atoms with Crippen molar-refractivity contribution in [2.45, 2.75) is 32.5 Å². The van der Waals surface area contributed by atoms with E-state index < -0.39 is 0 Å². The summed E-state index contributed by atoms with van der Waals surface area (Å²) in [7, 11) is 1.65. The van der Waals surface area contributed by atoms with Gasteiger partial charge >= 0.3 is 0 Å². The maximum Gasteiger partial charge on any atom is 0.125 e. The van der Waals surface area contributed by atoms with Crippen LogP contribution < -0.4 is 4.74 Å². The third-order valence-electron chi connectivity index (χ3n) is 3.98. The molecule has 3 heteroatoms. The van der Waals surface area contributed by atoms with Gasteiger partial charge < -0.3 is 14.3 Å². The van der Waals surface area contributed by atoms with E-state index in [-0.39, 0.29) is 12.0 Å². The number of benzene rings is 2. The lowest BCUT2D eigenvalue weighted by molar-refractivity contribution is -0.116. The van der Waals surface area contributed by atoms with Crippen molar-refractivity contribution in [1.82, 2.24) is 0 Å². The molecule has 0 amide bonds. The van der Waals surface area contributed by atoms with Crippen LogP contribution in [-0.2, 0) is 22.6 Å². The van der Waals surface area contributed by atoms with E-state index in [9.17, 15) is 4.79 Å². The quantitative estimate of drug-likeness (QED) is 0.655. The van der Waals surface area contributed by atoms with Gasteiger partial charge in [-0.2, -0.15) is 0 Å². The van der Waals surface area contributed by atoms with Crippen LogP contribution in [0.4, 0.5) is 0 Å². The minimum Gasteiger partial charge on any atom is -0.497 e. The van der Waals surface area contributed by atoms with E-state index in [4.69, 9.17) is 9.47 Å². The van der Waals surface area contributed by atoms with Gasteiger partial charge in [-0.05, 0) is 36.1 Å². The van der Waals surface area contributed by atoms with E-state index >= 15 is 0 Å². The van der Waals surface area contributed by atoms with Crippen molar-refractivity contribution in [3.63, 3.8) is 0 Å². The second kappa shape index (κ2) is 9.11. The lowest BCUT2D eigenvalue weighted by Gasteiger charge is -2.21. The molecular weight excluding hydrogens is 288 g/mol. The molecular formula is C20H24O3. The highest BCUT2D eigenvalue weighted by molar-refractivity contribution is 5.53. The fourth-order valence-electron chi connectivity index (χ4n) is 2.46. The molecule has 0 aliphatic heterocycles. The van der Waals surface area contributed by atoms with Gasteiger partial charge in [0.15, 0.2) is 0 Å². The van der Waals surface area contributed by atoms with Gasteiger partial charge in [0.25, 0.3) is 0 Å². The van der Waals surface area contributed by atoms with Gasteiger partial charge in [-0.15, -0.1) is 0 Å². The first-order chi connectivity index (χ1) is 11.2. The number of aryl methyl sites for hydroxylation is 1. The Hall–Kier alpha value is -2.13. The number of rotatable bonds is 9. The van der Waals surface area contributed by atoms with Crippen LogP contribution in [0.15, 0.2) is 54.6 Å². The zero-order chi connectivity index (χ0) is 16.5. The third kappa shape index (κ3) is 5.53. The summed E-state index contributed by atoms with van der Waals surface area (Å²) in [5.74, 6) is 0.715. The lowest BCUT2D eigenvalue weighted by Crippen LogP contribution is -2.23. The van der Waals surface area contributed by atoms with Crippen molar-refractivity contribution >= 4 is 6.29 Å². The first-order valence-corrected chi connectivity index (χ1v) is 7.96. The average molecular weight is 312 g/mol. The van der Waals surface area contributed by atoms with E-state index in [1.807, 2.05) is 49.4 Å². The van der Waals surface area contributed by atoms with Crippen LogP contribution in [-0.4, -0.2) is 19.5 Å². The molecule has 2 rings (SSSR count). The smallest absolute Gasteiger partial charge is 0.125 e. The normalized spacial score (nSPS) is 13.3. The van der Waals surface area contributed by atoms with Crippen molar-refractivity contribution < 1.29 is 14.3 Å². The standard InChI is InChI=1S/C20H24O3/c1-16(14-21)20(13-10-17-6-4-3-5-7-17)23-15-18-8-11-19(22-2)12-9-18/h3-9,11-12,14,16,20H,10,13,15H2,1-2H3/t16-,20-/m0/s1. The molecule has 0 aliphatic rings. The predicted octanol–water partition coefficient (Wildman–Crippen LogP) is 4.05. The summed E-state index contributed by atoms with van der Waals surface area (Å²) in [6.07, 6.45) is 2.64. The van der Waals surface area contributed by atoms with Crippen LogP contribution in [0, 0.1) is 5.92 Å². The van der Waals surface area contributed by atoms with Crippen molar-refractivity contribution in [3.05, 3.63) is 65.7 Å². The number of hydrogen-bond donors (Lipinski definition) is 0. The summed E-state index contributed by atoms with van der Waals surface area (Å²) in [6.45, 7) is 2.41. The number of methoxy groups -OCH3 is 1. The van der Waals surface area contributed by atoms with Crippen LogP contribution in [0.2, 0.25) is 0 Å². The van der Waals surface area contributed by atoms with Crippen molar-refractivity contribution in [2.24, 2.45) is 5.92 Å². The molecule has 0 bridgehead atoms. The number of ether oxygens (including phenoxy) is 2. The van der Waals surface area contributed by atoms with Gasteiger partial charge in [0.2, 0.25) is 0 Å². The maximum absolute atomic E-state index is 11.2. The van der Waals surface area contributed by atoms with E-state index in [1.54, 1.807) is 7.11 Å². The highest BCUT2D eigenvalue weighted by Gasteiger charge is 2.17. The number of carbonyl (C=O) groups is 1. The second-order valence-electron chi connectivity index (χ2n) is 5.72. The number of carbonyl (C=O) groups excluding carboxylic acids is 1. The number of hydrogen-bond acceptors (Lipinski definition) is 3. The number of aldehydes is 1. The molecule has 122 valence electrons. The molecule has 0 saturated heterocycles. The van der Waals surface area contributed by atoms with Crippen LogP contribution in [0.25, 0.3) is 0 Å². The molecule has 0 spiro atoms. The molecule has 2 atom stereocenters. The first-order valence-electron chi connectivity index (χ1n) is 7.96. The molecule has 0 aliphatic carbocycles. The topological polar surface area (TPSA) is 35.5 Å². The Morgan fingerprint density at radius 1 is 1.00 bits per heavy atom. The summed E-state index contributed by atoms with van der Waals surface area (Å²) in [6, 6.07) is 18.1. The Bertz CT molecular complexity index is 578. The molecule has 2 aromatic rings. The lowest BCUT2D eigenvalue weighted by atomic mass is 9.98. The molecule has 23 heavy (non-hydrogen) atoms. The summed E-state index contributed by atoms with van der Waals surface area (Å²) < 4.78 is 11.2. The van der Waals surface area contributed by atoms with Crippen LogP contribution in [0.5, 0.6) is 5.75 Å². The van der Waals surface area contributed by atoms with Gasteiger partial charge in [-0.25, -0.2) is 0 Å². The van der Waals surface area contributed by atoms with Gasteiger partial charge in [-0.1, -0.05) is 49.4 Å². The molecule has 0 radical (unpaired) electrons. The molecule has 0 saturated carbocycles. The average Bonchev–Trinajstić information content (AvgIpc) is 2.62. The van der Waals surface area contributed by atoms with Crippen molar-refractivity contribution in [3.8, 4) is 5.75 Å². The van der Waals surface area contributed by atoms with Crippen molar-refractivity contribution in [1.29, 1.82) is 0 Å². The predicted molar refractivity (Wildman–Crippen MR) is 91.6 cm³/mol. The zero-order valence-corrected chi connectivity index (χ0v) is 13.8. The second-order valence-corrected chi connectivity index (χ2v) is 5.72. The van der Waals surface area contributed by atoms with E-state index in [0.717, 1.165) is 30.4 Å². The monoisotopic (exact) mass is 312 g/mol. The largest absolute Gasteiger partial charge is 0.497 e.